The molecule has 1 aliphatic heterocycles. The predicted molar refractivity (Wildman–Crippen MR) is 128 cm³/mol. The van der Waals surface area contributed by atoms with E-state index in [1.165, 1.54) is 0 Å². The monoisotopic (exact) mass is 447 g/mol. The van der Waals surface area contributed by atoms with E-state index in [0.29, 0.717) is 19.6 Å². The number of fused-ring (bicyclic) bond motifs is 1. The van der Waals surface area contributed by atoms with Crippen LogP contribution < -0.4 is 9.80 Å². The first kappa shape index (κ1) is 20.4. The lowest BCUT2D eigenvalue weighted by Crippen LogP contribution is -2.51. The SMILES string of the molecule is Cc1nn(-c2ccccc2)c2nc(N(C)CC(=O)N3CCN(c4ccccn4)CC3)sc12. The molecule has 4 heterocycles. The molecule has 164 valence electrons. The molecule has 0 N–H and O–H groups in total. The zero-order valence-corrected chi connectivity index (χ0v) is 19.0. The maximum Gasteiger partial charge on any atom is 0.242 e. The number of nitrogens with zero attached hydrogens (tertiary/aromatic N) is 7. The van der Waals surface area contributed by atoms with Gasteiger partial charge in [0.15, 0.2) is 10.8 Å². The molecule has 4 aromatic rings. The van der Waals surface area contributed by atoms with E-state index in [4.69, 9.17) is 4.98 Å². The number of pyridine rings is 1. The van der Waals surface area contributed by atoms with Gasteiger partial charge in [-0.3, -0.25) is 4.79 Å². The highest BCUT2D eigenvalue weighted by atomic mass is 32.1. The molecule has 9 heteroatoms. The van der Waals surface area contributed by atoms with Crippen LogP contribution in [0.3, 0.4) is 0 Å². The molecule has 0 aliphatic carbocycles. The molecule has 1 aromatic carbocycles. The van der Waals surface area contributed by atoms with Crippen LogP contribution in [0.2, 0.25) is 0 Å². The van der Waals surface area contributed by atoms with Crippen LogP contribution >= 0.6 is 11.3 Å². The molecule has 0 radical (unpaired) electrons. The summed E-state index contributed by atoms with van der Waals surface area (Å²) in [5.74, 6) is 1.09. The number of benzene rings is 1. The lowest BCUT2D eigenvalue weighted by molar-refractivity contribution is -0.129. The quantitative estimate of drug-likeness (QED) is 0.469. The Bertz CT molecular complexity index is 1210. The van der Waals surface area contributed by atoms with Gasteiger partial charge >= 0.3 is 0 Å². The first-order valence-corrected chi connectivity index (χ1v) is 11.5. The van der Waals surface area contributed by atoms with Gasteiger partial charge in [0.1, 0.15) is 5.82 Å². The van der Waals surface area contributed by atoms with Gasteiger partial charge in [0.2, 0.25) is 5.91 Å². The van der Waals surface area contributed by atoms with Crippen molar-refractivity contribution >= 4 is 38.5 Å². The van der Waals surface area contributed by atoms with Crippen molar-refractivity contribution in [2.45, 2.75) is 6.92 Å². The Balaban J connectivity index is 1.26. The second-order valence-electron chi connectivity index (χ2n) is 7.89. The number of anilines is 2. The van der Waals surface area contributed by atoms with Gasteiger partial charge in [-0.2, -0.15) is 10.1 Å². The number of hydrogen-bond donors (Lipinski definition) is 0. The Hall–Kier alpha value is -3.46. The van der Waals surface area contributed by atoms with Crippen molar-refractivity contribution in [1.82, 2.24) is 24.6 Å². The average Bonchev–Trinajstić information content (AvgIpc) is 3.41. The topological polar surface area (TPSA) is 70.4 Å². The third kappa shape index (κ3) is 3.91. The molecular formula is C23H25N7OS. The molecule has 0 bridgehead atoms. The van der Waals surface area contributed by atoms with Crippen LogP contribution in [-0.2, 0) is 4.79 Å². The fourth-order valence-electron chi connectivity index (χ4n) is 3.93. The number of aryl methyl sites for hydroxylation is 1. The third-order valence-corrected chi connectivity index (χ3v) is 6.95. The summed E-state index contributed by atoms with van der Waals surface area (Å²) < 4.78 is 2.92. The number of rotatable bonds is 5. The summed E-state index contributed by atoms with van der Waals surface area (Å²) in [4.78, 5) is 28.3. The number of para-hydroxylation sites is 1. The van der Waals surface area contributed by atoms with Crippen LogP contribution in [-0.4, -0.2) is 70.3 Å². The van der Waals surface area contributed by atoms with Crippen molar-refractivity contribution in [3.63, 3.8) is 0 Å². The van der Waals surface area contributed by atoms with E-state index in [-0.39, 0.29) is 5.91 Å². The Kier molecular flexibility index (Phi) is 5.48. The van der Waals surface area contributed by atoms with Gasteiger partial charge in [-0.15, -0.1) is 0 Å². The maximum absolute atomic E-state index is 12.9. The van der Waals surface area contributed by atoms with Crippen LogP contribution in [0, 0.1) is 6.92 Å². The molecule has 1 amide bonds. The fourth-order valence-corrected chi connectivity index (χ4v) is 4.88. The summed E-state index contributed by atoms with van der Waals surface area (Å²) in [6, 6.07) is 15.9. The van der Waals surface area contributed by atoms with E-state index >= 15 is 0 Å². The highest BCUT2D eigenvalue weighted by molar-refractivity contribution is 7.22. The summed E-state index contributed by atoms with van der Waals surface area (Å²) in [5, 5.41) is 5.47. The summed E-state index contributed by atoms with van der Waals surface area (Å²) >= 11 is 1.58. The second kappa shape index (κ2) is 8.58. The number of thiazole rings is 1. The Morgan fingerprint density at radius 3 is 2.53 bits per heavy atom. The molecular weight excluding hydrogens is 422 g/mol. The molecule has 0 spiro atoms. The third-order valence-electron chi connectivity index (χ3n) is 5.68. The van der Waals surface area contributed by atoms with E-state index in [9.17, 15) is 4.79 Å². The number of carbonyl (C=O) groups is 1. The normalized spacial score (nSPS) is 14.2. The number of hydrogen-bond acceptors (Lipinski definition) is 7. The Labute approximate surface area is 190 Å². The van der Waals surface area contributed by atoms with Crippen molar-refractivity contribution in [3.05, 3.63) is 60.4 Å². The van der Waals surface area contributed by atoms with Crippen molar-refractivity contribution in [2.24, 2.45) is 0 Å². The van der Waals surface area contributed by atoms with Crippen molar-refractivity contribution in [1.29, 1.82) is 0 Å². The second-order valence-corrected chi connectivity index (χ2v) is 8.87. The molecule has 0 unspecified atom stereocenters. The van der Waals surface area contributed by atoms with Gasteiger partial charge in [-0.1, -0.05) is 35.6 Å². The zero-order valence-electron chi connectivity index (χ0n) is 18.2. The fraction of sp³-hybridized carbons (Fsp3) is 0.304. The smallest absolute Gasteiger partial charge is 0.242 e. The molecule has 3 aromatic heterocycles. The zero-order chi connectivity index (χ0) is 22.1. The molecule has 0 atom stereocenters. The van der Waals surface area contributed by atoms with Gasteiger partial charge in [0.05, 0.1) is 22.6 Å². The Morgan fingerprint density at radius 1 is 1.06 bits per heavy atom. The first-order valence-electron chi connectivity index (χ1n) is 10.7. The summed E-state index contributed by atoms with van der Waals surface area (Å²) in [6.45, 7) is 5.28. The van der Waals surface area contributed by atoms with Gasteiger partial charge in [0.25, 0.3) is 0 Å². The Morgan fingerprint density at radius 2 is 1.81 bits per heavy atom. The number of piperazine rings is 1. The van der Waals surface area contributed by atoms with Crippen LogP contribution in [0.25, 0.3) is 16.0 Å². The van der Waals surface area contributed by atoms with Crippen LogP contribution in [0.5, 0.6) is 0 Å². The molecule has 1 saturated heterocycles. The van der Waals surface area contributed by atoms with Crippen LogP contribution in [0.1, 0.15) is 5.69 Å². The standard InChI is InChI=1S/C23H25N7OS/c1-17-21-22(30(26-17)18-8-4-3-5-9-18)25-23(32-21)27(2)16-20(31)29-14-12-28(13-15-29)19-10-6-7-11-24-19/h3-11H,12-16H2,1-2H3. The van der Waals surface area contributed by atoms with E-state index in [1.807, 2.05) is 77.0 Å². The largest absolute Gasteiger partial charge is 0.353 e. The average molecular weight is 448 g/mol. The van der Waals surface area contributed by atoms with E-state index in [2.05, 4.69) is 15.0 Å². The van der Waals surface area contributed by atoms with Crippen molar-refractivity contribution in [3.8, 4) is 5.69 Å². The molecule has 5 rings (SSSR count). The highest BCUT2D eigenvalue weighted by Gasteiger charge is 2.24. The molecule has 1 aliphatic rings. The number of likely N-dealkylation sites (N-methyl/N-ethyl adjacent to an activating group) is 1. The lowest BCUT2D eigenvalue weighted by Gasteiger charge is -2.36. The molecule has 32 heavy (non-hydrogen) atoms. The van der Waals surface area contributed by atoms with E-state index in [0.717, 1.165) is 45.8 Å². The number of aromatic nitrogens is 4. The number of amides is 1. The lowest BCUT2D eigenvalue weighted by atomic mass is 10.3. The maximum atomic E-state index is 12.9. The van der Waals surface area contributed by atoms with Gasteiger partial charge in [0, 0.05) is 39.4 Å². The first-order chi connectivity index (χ1) is 15.6. The van der Waals surface area contributed by atoms with Gasteiger partial charge in [-0.25, -0.2) is 9.67 Å². The molecule has 0 saturated carbocycles. The van der Waals surface area contributed by atoms with Gasteiger partial charge < -0.3 is 14.7 Å². The predicted octanol–water partition coefficient (Wildman–Crippen LogP) is 2.97. The summed E-state index contributed by atoms with van der Waals surface area (Å²) in [5.41, 5.74) is 2.75. The van der Waals surface area contributed by atoms with Crippen LogP contribution in [0.15, 0.2) is 54.7 Å². The summed E-state index contributed by atoms with van der Waals surface area (Å²) in [7, 11) is 1.93. The van der Waals surface area contributed by atoms with Crippen molar-refractivity contribution in [2.75, 3.05) is 49.6 Å². The van der Waals surface area contributed by atoms with Crippen LogP contribution in [0.4, 0.5) is 10.9 Å². The molecule has 1 fully saturated rings. The van der Waals surface area contributed by atoms with Gasteiger partial charge in [-0.05, 0) is 31.2 Å². The minimum absolute atomic E-state index is 0.119. The van der Waals surface area contributed by atoms with E-state index < -0.39 is 0 Å². The van der Waals surface area contributed by atoms with E-state index in [1.54, 1.807) is 17.5 Å². The minimum atomic E-state index is 0.119. The minimum Gasteiger partial charge on any atom is -0.353 e. The van der Waals surface area contributed by atoms with Crippen molar-refractivity contribution < 1.29 is 4.79 Å². The summed E-state index contributed by atoms with van der Waals surface area (Å²) in [6.07, 6.45) is 1.80. The molecule has 8 nitrogen and oxygen atoms in total. The highest BCUT2D eigenvalue weighted by Crippen LogP contribution is 2.32. The number of carbonyl (C=O) groups excluding carboxylic acids is 1.